The monoisotopic (exact) mass is 652 g/mol. The summed E-state index contributed by atoms with van der Waals surface area (Å²) in [7, 11) is 1.49. The van der Waals surface area contributed by atoms with E-state index in [2.05, 4.69) is 10.3 Å². The zero-order valence-electron chi connectivity index (χ0n) is 25.1. The van der Waals surface area contributed by atoms with E-state index in [0.29, 0.717) is 57.1 Å². The minimum Gasteiger partial charge on any atom is -0.494 e. The fourth-order valence-electron chi connectivity index (χ4n) is 5.80. The molecular weight excluding hydrogens is 622 g/mol. The molecule has 0 bridgehead atoms. The standard InChI is InChI=1S/C33H31Cl2FN4O5/c1-15-7-17(10-23(35)26(15)36)28-29-21(32(3,14-45-29)31(37)42)12-25(40-28)33(43,20-5-6-20)13-38-30(41)19-8-18-9-22(34)16(2)39-27(18)24(11-19)44-4/h7-12,20,43H,5-6,13-14H2,1-4H3,(H2,37,42)(H,38,41)/t32-,33+/m0/s1. The highest BCUT2D eigenvalue weighted by molar-refractivity contribution is 6.32. The molecule has 3 heterocycles. The SMILES string of the molecule is COc1cc(C(=O)NC[C@](O)(c2cc3c(c(-c4cc(C)c(F)c(Cl)c4)n2)OC[C@]3(C)C(N)=O)C2CC2)cc2cc(Cl)c(C)nc12. The maximum Gasteiger partial charge on any atom is 0.251 e. The molecule has 1 fully saturated rings. The number of methoxy groups -OCH3 is 1. The van der Waals surface area contributed by atoms with Crippen LogP contribution in [0.4, 0.5) is 4.39 Å². The van der Waals surface area contributed by atoms with Crippen LogP contribution in [-0.2, 0) is 15.8 Å². The maximum absolute atomic E-state index is 14.5. The van der Waals surface area contributed by atoms with Gasteiger partial charge in [0.1, 0.15) is 46.1 Å². The number of nitrogens with two attached hydrogens (primary N) is 1. The van der Waals surface area contributed by atoms with E-state index in [-0.39, 0.29) is 46.6 Å². The Hall–Kier alpha value is -3.99. The fraction of sp³-hybridized carbons (Fsp3) is 0.333. The second-order valence-corrected chi connectivity index (χ2v) is 12.8. The summed E-state index contributed by atoms with van der Waals surface area (Å²) in [6.45, 7) is 4.79. The number of hydrogen-bond acceptors (Lipinski definition) is 7. The maximum atomic E-state index is 14.5. The summed E-state index contributed by atoms with van der Waals surface area (Å²) in [5.74, 6) is -1.16. The van der Waals surface area contributed by atoms with Crippen LogP contribution in [-0.4, -0.2) is 47.2 Å². The first kappa shape index (κ1) is 31.0. The van der Waals surface area contributed by atoms with Crippen molar-refractivity contribution in [2.45, 2.75) is 44.6 Å². The van der Waals surface area contributed by atoms with Crippen molar-refractivity contribution in [1.29, 1.82) is 0 Å². The van der Waals surface area contributed by atoms with Crippen molar-refractivity contribution in [2.75, 3.05) is 20.3 Å². The second kappa shape index (κ2) is 11.1. The third kappa shape index (κ3) is 5.24. The van der Waals surface area contributed by atoms with Crippen LogP contribution in [0.25, 0.3) is 22.2 Å². The van der Waals surface area contributed by atoms with E-state index in [9.17, 15) is 19.1 Å². The van der Waals surface area contributed by atoms with Crippen LogP contribution in [0.2, 0.25) is 10.0 Å². The molecule has 2 aliphatic rings. The quantitative estimate of drug-likeness (QED) is 0.228. The van der Waals surface area contributed by atoms with Crippen molar-refractivity contribution >= 4 is 45.9 Å². The van der Waals surface area contributed by atoms with Crippen LogP contribution < -0.4 is 20.5 Å². The van der Waals surface area contributed by atoms with Gasteiger partial charge < -0.3 is 25.6 Å². The van der Waals surface area contributed by atoms with Crippen LogP contribution in [0.15, 0.2) is 36.4 Å². The number of rotatable bonds is 8. The molecule has 2 aromatic carbocycles. The number of hydrogen-bond donors (Lipinski definition) is 3. The van der Waals surface area contributed by atoms with Crippen molar-refractivity contribution in [1.82, 2.24) is 15.3 Å². The molecule has 45 heavy (non-hydrogen) atoms. The summed E-state index contributed by atoms with van der Waals surface area (Å²) in [6.07, 6.45) is 1.39. The van der Waals surface area contributed by atoms with E-state index in [1.165, 1.54) is 13.2 Å². The number of benzene rings is 2. The summed E-state index contributed by atoms with van der Waals surface area (Å²) in [4.78, 5) is 35.5. The molecule has 0 radical (unpaired) electrons. The lowest BCUT2D eigenvalue weighted by Crippen LogP contribution is -2.44. The Morgan fingerprint density at radius 3 is 2.53 bits per heavy atom. The van der Waals surface area contributed by atoms with Gasteiger partial charge in [0.05, 0.1) is 35.1 Å². The highest BCUT2D eigenvalue weighted by Gasteiger charge is 2.50. The molecule has 2 amide bonds. The van der Waals surface area contributed by atoms with Crippen molar-refractivity contribution in [3.05, 3.63) is 80.3 Å². The molecule has 4 N–H and O–H groups in total. The smallest absolute Gasteiger partial charge is 0.251 e. The van der Waals surface area contributed by atoms with Crippen molar-refractivity contribution < 1.29 is 28.6 Å². The third-order valence-electron chi connectivity index (χ3n) is 8.81. The number of nitrogens with one attached hydrogen (secondary N) is 1. The number of aryl methyl sites for hydroxylation is 2. The van der Waals surface area contributed by atoms with Gasteiger partial charge in [-0.1, -0.05) is 23.2 Å². The van der Waals surface area contributed by atoms with Gasteiger partial charge in [0, 0.05) is 22.1 Å². The largest absolute Gasteiger partial charge is 0.494 e. The van der Waals surface area contributed by atoms with E-state index in [1.807, 2.05) is 0 Å². The van der Waals surface area contributed by atoms with Crippen molar-refractivity contribution in [2.24, 2.45) is 11.7 Å². The molecule has 2 aromatic heterocycles. The van der Waals surface area contributed by atoms with Gasteiger partial charge in [-0.2, -0.15) is 0 Å². The van der Waals surface area contributed by atoms with Gasteiger partial charge in [0.2, 0.25) is 5.91 Å². The minimum atomic E-state index is -1.62. The van der Waals surface area contributed by atoms with Gasteiger partial charge in [-0.3, -0.25) is 9.59 Å². The first-order valence-electron chi connectivity index (χ1n) is 14.4. The van der Waals surface area contributed by atoms with Crippen LogP contribution in [0, 0.1) is 25.6 Å². The Kier molecular flexibility index (Phi) is 7.66. The number of pyridine rings is 2. The number of nitrogens with zero attached hydrogens (tertiary/aromatic N) is 2. The molecule has 1 aliphatic heterocycles. The van der Waals surface area contributed by atoms with Gasteiger partial charge in [-0.25, -0.2) is 14.4 Å². The molecule has 0 spiro atoms. The average molecular weight is 654 g/mol. The second-order valence-electron chi connectivity index (χ2n) is 12.0. The number of fused-ring (bicyclic) bond motifs is 2. The zero-order chi connectivity index (χ0) is 32.4. The normalized spacial score (nSPS) is 18.7. The molecule has 0 unspecified atom stereocenters. The molecule has 4 aromatic rings. The van der Waals surface area contributed by atoms with E-state index >= 15 is 0 Å². The molecule has 9 nitrogen and oxygen atoms in total. The topological polar surface area (TPSA) is 137 Å². The first-order chi connectivity index (χ1) is 21.3. The summed E-state index contributed by atoms with van der Waals surface area (Å²) in [5.41, 5.74) is 6.14. The van der Waals surface area contributed by atoms with Crippen molar-refractivity contribution in [3.8, 4) is 22.8 Å². The highest BCUT2D eigenvalue weighted by Crippen LogP contribution is 2.50. The lowest BCUT2D eigenvalue weighted by atomic mass is 9.81. The molecular formula is C33H31Cl2FN4O5. The van der Waals surface area contributed by atoms with Crippen LogP contribution in [0.1, 0.15) is 52.6 Å². The van der Waals surface area contributed by atoms with E-state index in [4.69, 9.17) is 43.4 Å². The summed E-state index contributed by atoms with van der Waals surface area (Å²) in [6, 6.07) is 9.57. The number of carbonyl (C=O) groups excluding carboxylic acids is 2. The van der Waals surface area contributed by atoms with E-state index in [0.717, 1.165) is 0 Å². The summed E-state index contributed by atoms with van der Waals surface area (Å²) >= 11 is 12.5. The minimum absolute atomic E-state index is 0.0372. The number of aromatic nitrogens is 2. The van der Waals surface area contributed by atoms with Crippen LogP contribution >= 0.6 is 23.2 Å². The lowest BCUT2D eigenvalue weighted by Gasteiger charge is -2.30. The Bertz CT molecular complexity index is 1890. The number of ether oxygens (including phenoxy) is 2. The molecule has 6 rings (SSSR count). The molecule has 2 atom stereocenters. The Labute approximate surface area is 268 Å². The van der Waals surface area contributed by atoms with Crippen LogP contribution in [0.5, 0.6) is 11.5 Å². The van der Waals surface area contributed by atoms with Crippen LogP contribution in [0.3, 0.4) is 0 Å². The van der Waals surface area contributed by atoms with Gasteiger partial charge in [0.15, 0.2) is 0 Å². The number of amides is 2. The Morgan fingerprint density at radius 1 is 1.16 bits per heavy atom. The predicted molar refractivity (Wildman–Crippen MR) is 168 cm³/mol. The zero-order valence-corrected chi connectivity index (χ0v) is 26.6. The number of primary amides is 1. The average Bonchev–Trinajstić information content (AvgIpc) is 3.81. The summed E-state index contributed by atoms with van der Waals surface area (Å²) < 4.78 is 25.9. The molecule has 12 heteroatoms. The Morgan fingerprint density at radius 2 is 1.89 bits per heavy atom. The van der Waals surface area contributed by atoms with E-state index in [1.54, 1.807) is 51.1 Å². The van der Waals surface area contributed by atoms with E-state index < -0.39 is 28.6 Å². The molecule has 1 aliphatic carbocycles. The van der Waals surface area contributed by atoms with Gasteiger partial charge in [-0.15, -0.1) is 0 Å². The number of halogens is 3. The van der Waals surface area contributed by atoms with Gasteiger partial charge >= 0.3 is 0 Å². The number of aliphatic hydroxyl groups is 1. The molecule has 234 valence electrons. The molecule has 0 saturated heterocycles. The number of carbonyl (C=O) groups is 2. The lowest BCUT2D eigenvalue weighted by molar-refractivity contribution is -0.123. The van der Waals surface area contributed by atoms with Gasteiger partial charge in [-0.05, 0) is 81.5 Å². The fourth-order valence-corrected chi connectivity index (χ4v) is 6.22. The third-order valence-corrected chi connectivity index (χ3v) is 9.47. The first-order valence-corrected chi connectivity index (χ1v) is 15.1. The predicted octanol–water partition coefficient (Wildman–Crippen LogP) is 5.53. The Balaban J connectivity index is 1.42. The van der Waals surface area contributed by atoms with Crippen molar-refractivity contribution in [3.63, 3.8) is 0 Å². The summed E-state index contributed by atoms with van der Waals surface area (Å²) in [5, 5.41) is 16.1. The molecule has 1 saturated carbocycles. The van der Waals surface area contributed by atoms with Gasteiger partial charge in [0.25, 0.3) is 5.91 Å². The highest BCUT2D eigenvalue weighted by atomic mass is 35.5.